The van der Waals surface area contributed by atoms with Gasteiger partial charge >= 0.3 is 11.9 Å². The fourth-order valence-electron chi connectivity index (χ4n) is 6.94. The van der Waals surface area contributed by atoms with Crippen molar-refractivity contribution in [3.05, 3.63) is 122 Å². The highest BCUT2D eigenvalue weighted by Gasteiger charge is 2.21. The second kappa shape index (κ2) is 51.3. The van der Waals surface area contributed by atoms with E-state index in [0.29, 0.717) is 23.9 Å². The molecule has 0 aromatic carbocycles. The average Bonchev–Trinajstić information content (AvgIpc) is 3.33. The predicted molar refractivity (Wildman–Crippen MR) is 300 cm³/mol. The molecule has 71 heavy (non-hydrogen) atoms. The van der Waals surface area contributed by atoms with Crippen LogP contribution in [-0.4, -0.2) is 70.0 Å². The summed E-state index contributed by atoms with van der Waals surface area (Å²) in [5.74, 6) is -0.881. The first-order valence-corrected chi connectivity index (χ1v) is 29.2. The highest BCUT2D eigenvalue weighted by Crippen LogP contribution is 2.38. The number of allylic oxidation sites excluding steroid dienone is 20. The Morgan fingerprint density at radius 2 is 0.803 bits per heavy atom. The Labute approximate surface area is 435 Å². The van der Waals surface area contributed by atoms with Gasteiger partial charge in [0.2, 0.25) is 0 Å². The minimum Gasteiger partial charge on any atom is -0.756 e. The second-order valence-electron chi connectivity index (χ2n) is 19.2. The maximum atomic E-state index is 12.8. The van der Waals surface area contributed by atoms with Crippen LogP contribution in [0.25, 0.3) is 0 Å². The van der Waals surface area contributed by atoms with Gasteiger partial charge in [-0.15, -0.1) is 0 Å². The summed E-state index contributed by atoms with van der Waals surface area (Å²) in [7, 11) is 1.12. The highest BCUT2D eigenvalue weighted by molar-refractivity contribution is 7.45. The number of nitrogens with zero attached hydrogens (tertiary/aromatic N) is 1. The molecular weight excluding hydrogens is 906 g/mol. The third-order valence-corrected chi connectivity index (χ3v) is 12.2. The fourth-order valence-corrected chi connectivity index (χ4v) is 7.66. The van der Waals surface area contributed by atoms with Crippen LogP contribution < -0.4 is 4.89 Å². The molecule has 0 radical (unpaired) electrons. The van der Waals surface area contributed by atoms with Crippen molar-refractivity contribution in [2.45, 2.75) is 206 Å². The summed E-state index contributed by atoms with van der Waals surface area (Å²) in [4.78, 5) is 37.8. The lowest BCUT2D eigenvalue weighted by atomic mass is 10.1. The Kier molecular flexibility index (Phi) is 48.7. The smallest absolute Gasteiger partial charge is 0.306 e. The fraction of sp³-hybridized carbons (Fsp3) is 0.639. The first-order valence-electron chi connectivity index (χ1n) is 27.7. The minimum absolute atomic E-state index is 0.0446. The molecular formula is C61H102NO8P. The number of carbonyl (C=O) groups is 2. The van der Waals surface area contributed by atoms with E-state index in [1.165, 1.54) is 51.4 Å². The van der Waals surface area contributed by atoms with Crippen LogP contribution >= 0.6 is 7.82 Å². The number of carbonyl (C=O) groups excluding carboxylic acids is 2. The largest absolute Gasteiger partial charge is 0.756 e. The van der Waals surface area contributed by atoms with Gasteiger partial charge in [-0.1, -0.05) is 200 Å². The summed E-state index contributed by atoms with van der Waals surface area (Å²) in [6, 6.07) is 0. The lowest BCUT2D eigenvalue weighted by Crippen LogP contribution is -2.37. The van der Waals surface area contributed by atoms with Crippen molar-refractivity contribution in [1.82, 2.24) is 0 Å². The Morgan fingerprint density at radius 1 is 0.451 bits per heavy atom. The molecule has 404 valence electrons. The number of phosphoric acid groups is 1. The van der Waals surface area contributed by atoms with Crippen molar-refractivity contribution >= 4 is 19.8 Å². The van der Waals surface area contributed by atoms with Crippen molar-refractivity contribution in [2.24, 2.45) is 0 Å². The van der Waals surface area contributed by atoms with Gasteiger partial charge in [-0.05, 0) is 109 Å². The predicted octanol–water partition coefficient (Wildman–Crippen LogP) is 16.6. The lowest BCUT2D eigenvalue weighted by molar-refractivity contribution is -0.870. The number of ether oxygens (including phenoxy) is 2. The zero-order valence-corrected chi connectivity index (χ0v) is 46.5. The van der Waals surface area contributed by atoms with Crippen LogP contribution in [0.15, 0.2) is 122 Å². The molecule has 0 saturated heterocycles. The van der Waals surface area contributed by atoms with E-state index in [9.17, 15) is 19.0 Å². The van der Waals surface area contributed by atoms with E-state index in [4.69, 9.17) is 18.5 Å². The molecule has 9 nitrogen and oxygen atoms in total. The Balaban J connectivity index is 4.32. The number of hydrogen-bond donors (Lipinski definition) is 0. The standard InChI is InChI=1S/C61H102NO8P/c1-6-8-10-12-14-16-18-20-22-24-26-27-28-29-30-31-32-33-34-35-36-38-40-42-44-46-48-50-52-54-61(64)70-59(58-69-71(65,66)68-56-55-62(3,4)5)57-67-60(63)53-51-49-47-45-43-41-39-37-25-23-21-19-17-15-13-11-9-7-2/h8,10,14,16-17,19-20,22-23,25-27,29-30,32-33,35-36,40,42,59H,6-7,9,11-13,15,18,21,24,28,31,34,37-39,41,43-58H2,1-5H3/b10-8-,16-14-,19-17-,22-20-,25-23-,27-26-,30-29-,33-32-,36-35-,42-40-. The van der Waals surface area contributed by atoms with Gasteiger partial charge in [0.1, 0.15) is 19.8 Å². The number of unbranched alkanes of at least 4 members (excludes halogenated alkanes) is 15. The number of hydrogen-bond acceptors (Lipinski definition) is 8. The lowest BCUT2D eigenvalue weighted by Gasteiger charge is -2.28. The maximum absolute atomic E-state index is 12.8. The molecule has 2 unspecified atom stereocenters. The van der Waals surface area contributed by atoms with Gasteiger partial charge in [-0.3, -0.25) is 14.2 Å². The average molecular weight is 1010 g/mol. The number of likely N-dealkylation sites (N-methyl/N-ethyl adjacent to an activating group) is 1. The molecule has 0 rings (SSSR count). The van der Waals surface area contributed by atoms with E-state index in [2.05, 4.69) is 135 Å². The van der Waals surface area contributed by atoms with E-state index < -0.39 is 32.5 Å². The van der Waals surface area contributed by atoms with Gasteiger partial charge in [0.15, 0.2) is 6.10 Å². The Hall–Kier alpha value is -3.59. The van der Waals surface area contributed by atoms with Gasteiger partial charge in [0.05, 0.1) is 27.7 Å². The molecule has 10 heteroatoms. The van der Waals surface area contributed by atoms with Gasteiger partial charge in [0.25, 0.3) is 7.82 Å². The van der Waals surface area contributed by atoms with Crippen LogP contribution in [0.2, 0.25) is 0 Å². The van der Waals surface area contributed by atoms with E-state index >= 15 is 0 Å². The molecule has 0 aliphatic carbocycles. The molecule has 0 spiro atoms. The molecule has 0 heterocycles. The quantitative estimate of drug-likeness (QED) is 0.0195. The number of esters is 2. The molecule has 0 aliphatic heterocycles. The topological polar surface area (TPSA) is 111 Å². The minimum atomic E-state index is -4.65. The molecule has 0 aliphatic rings. The zero-order valence-electron chi connectivity index (χ0n) is 45.6. The normalized spacial score (nSPS) is 14.3. The summed E-state index contributed by atoms with van der Waals surface area (Å²) < 4.78 is 34.1. The van der Waals surface area contributed by atoms with Crippen molar-refractivity contribution in [2.75, 3.05) is 47.5 Å². The summed E-state index contributed by atoms with van der Waals surface area (Å²) in [5.41, 5.74) is 0. The van der Waals surface area contributed by atoms with Crippen LogP contribution in [-0.2, 0) is 32.7 Å². The van der Waals surface area contributed by atoms with E-state index in [0.717, 1.165) is 109 Å². The maximum Gasteiger partial charge on any atom is 0.306 e. The van der Waals surface area contributed by atoms with Crippen molar-refractivity contribution in [1.29, 1.82) is 0 Å². The number of phosphoric ester groups is 1. The van der Waals surface area contributed by atoms with Gasteiger partial charge in [-0.25, -0.2) is 0 Å². The summed E-state index contributed by atoms with van der Waals surface area (Å²) in [6.07, 6.45) is 72.3. The van der Waals surface area contributed by atoms with E-state index in [-0.39, 0.29) is 26.1 Å². The molecule has 0 aromatic rings. The molecule has 0 amide bonds. The van der Waals surface area contributed by atoms with Crippen LogP contribution in [0, 0.1) is 0 Å². The van der Waals surface area contributed by atoms with E-state index in [1.54, 1.807) is 0 Å². The van der Waals surface area contributed by atoms with Gasteiger partial charge in [0, 0.05) is 12.8 Å². The Morgan fingerprint density at radius 3 is 1.20 bits per heavy atom. The molecule has 0 bridgehead atoms. The monoisotopic (exact) mass is 1010 g/mol. The molecule has 0 fully saturated rings. The van der Waals surface area contributed by atoms with Crippen LogP contribution in [0.1, 0.15) is 200 Å². The third-order valence-electron chi connectivity index (χ3n) is 11.2. The number of rotatable bonds is 49. The Bertz CT molecular complexity index is 1610. The second-order valence-corrected chi connectivity index (χ2v) is 20.6. The third kappa shape index (κ3) is 55.6. The van der Waals surface area contributed by atoms with Crippen molar-refractivity contribution in [3.8, 4) is 0 Å². The molecule has 0 aromatic heterocycles. The first-order chi connectivity index (χ1) is 34.5. The van der Waals surface area contributed by atoms with E-state index in [1.807, 2.05) is 21.1 Å². The van der Waals surface area contributed by atoms with Crippen molar-refractivity contribution in [3.63, 3.8) is 0 Å². The molecule has 2 atom stereocenters. The summed E-state index contributed by atoms with van der Waals surface area (Å²) in [6.45, 7) is 4.05. The van der Waals surface area contributed by atoms with Crippen LogP contribution in [0.4, 0.5) is 0 Å². The molecule has 0 saturated carbocycles. The highest BCUT2D eigenvalue weighted by atomic mass is 31.2. The number of quaternary nitrogens is 1. The SMILES string of the molecule is CC/C=C\C/C=C\C/C=C\C/C=C\C/C=C\C/C=C\C/C=C\C/C=C\CCCCCCC(=O)OC(COC(=O)CCCCCCCCC/C=C\C/C=C\CCCCCC)COP(=O)([O-])OCC[N+](C)(C)C. The first kappa shape index (κ1) is 67.4. The van der Waals surface area contributed by atoms with Crippen LogP contribution in [0.5, 0.6) is 0 Å². The summed E-state index contributed by atoms with van der Waals surface area (Å²) >= 11 is 0. The van der Waals surface area contributed by atoms with Crippen molar-refractivity contribution < 1.29 is 42.1 Å². The van der Waals surface area contributed by atoms with Crippen LogP contribution in [0.3, 0.4) is 0 Å². The van der Waals surface area contributed by atoms with Gasteiger partial charge in [-0.2, -0.15) is 0 Å². The van der Waals surface area contributed by atoms with Gasteiger partial charge < -0.3 is 27.9 Å². The molecule has 0 N–H and O–H groups in total. The zero-order chi connectivity index (χ0) is 52.0. The summed E-state index contributed by atoms with van der Waals surface area (Å²) in [5, 5.41) is 0.